The minimum absolute atomic E-state index is 0.00991. The molecule has 0 atom stereocenters. The molecule has 2 amide bonds. The van der Waals surface area contributed by atoms with E-state index in [4.69, 9.17) is 0 Å². The zero-order valence-corrected chi connectivity index (χ0v) is 11.2. The van der Waals surface area contributed by atoms with E-state index in [-0.39, 0.29) is 11.8 Å². The number of rotatable bonds is 2. The van der Waals surface area contributed by atoms with Crippen molar-refractivity contribution in [2.45, 2.75) is 24.6 Å². The molecule has 1 aliphatic heterocycles. The Balaban J connectivity index is 2.17. The van der Waals surface area contributed by atoms with Gasteiger partial charge in [-0.2, -0.15) is 0 Å². The van der Waals surface area contributed by atoms with Crippen LogP contribution in [0.4, 0.5) is 11.4 Å². The third-order valence-corrected chi connectivity index (χ3v) is 2.89. The van der Waals surface area contributed by atoms with Crippen LogP contribution in [-0.4, -0.2) is 16.1 Å². The van der Waals surface area contributed by atoms with Gasteiger partial charge in [-0.15, -0.1) is 0 Å². The molecule has 2 rings (SSSR count). The smallest absolute Gasteiger partial charge is 0.240 e. The zero-order chi connectivity index (χ0) is 12.6. The summed E-state index contributed by atoms with van der Waals surface area (Å²) < 4.78 is -0.616. The van der Waals surface area contributed by atoms with Gasteiger partial charge in [0, 0.05) is 11.4 Å². The van der Waals surface area contributed by atoms with Gasteiger partial charge in [0.05, 0.1) is 10.7 Å². The summed E-state index contributed by atoms with van der Waals surface area (Å²) in [4.78, 5) is 22.9. The molecule has 0 bridgehead atoms. The number of anilines is 2. The van der Waals surface area contributed by atoms with Crippen LogP contribution in [0, 0.1) is 0 Å². The topological polar surface area (TPSA) is 58.2 Å². The van der Waals surface area contributed by atoms with Crippen LogP contribution in [0.25, 0.3) is 0 Å². The fraction of sp³-hybridized carbons (Fsp3) is 0.333. The van der Waals surface area contributed by atoms with Gasteiger partial charge in [0.1, 0.15) is 0 Å². The first kappa shape index (κ1) is 12.1. The summed E-state index contributed by atoms with van der Waals surface area (Å²) >= 11 is 3.29. The Kier molecular flexibility index (Phi) is 2.95. The van der Waals surface area contributed by atoms with Crippen molar-refractivity contribution < 1.29 is 9.59 Å². The van der Waals surface area contributed by atoms with Crippen LogP contribution < -0.4 is 10.6 Å². The number of nitrogens with one attached hydrogen (secondary N) is 2. The van der Waals surface area contributed by atoms with Crippen molar-refractivity contribution in [3.8, 4) is 0 Å². The molecule has 1 aliphatic rings. The van der Waals surface area contributed by atoms with Crippen molar-refractivity contribution in [2.75, 3.05) is 10.6 Å². The summed E-state index contributed by atoms with van der Waals surface area (Å²) in [6.07, 6.45) is 0.410. The van der Waals surface area contributed by atoms with Crippen LogP contribution in [0.15, 0.2) is 18.2 Å². The Hall–Kier alpha value is -1.36. The average molecular weight is 297 g/mol. The normalized spacial score (nSPS) is 14.2. The molecule has 0 unspecified atom stereocenters. The van der Waals surface area contributed by atoms with Gasteiger partial charge < -0.3 is 10.6 Å². The summed E-state index contributed by atoms with van der Waals surface area (Å²) in [6, 6.07) is 5.43. The largest absolute Gasteiger partial charge is 0.325 e. The third kappa shape index (κ3) is 2.66. The van der Waals surface area contributed by atoms with E-state index < -0.39 is 4.32 Å². The molecule has 5 heteroatoms. The van der Waals surface area contributed by atoms with Crippen LogP contribution in [0.2, 0.25) is 0 Å². The molecular formula is C12H13BrN2O2. The molecule has 0 spiro atoms. The lowest BCUT2D eigenvalue weighted by Crippen LogP contribution is -2.30. The minimum Gasteiger partial charge on any atom is -0.325 e. The maximum absolute atomic E-state index is 11.8. The lowest BCUT2D eigenvalue weighted by atomic mass is 10.1. The Bertz CT molecular complexity index is 492. The van der Waals surface area contributed by atoms with Crippen molar-refractivity contribution >= 4 is 39.1 Å². The molecule has 1 heterocycles. The van der Waals surface area contributed by atoms with Gasteiger partial charge in [-0.1, -0.05) is 22.0 Å². The minimum atomic E-state index is -0.616. The summed E-state index contributed by atoms with van der Waals surface area (Å²) in [7, 11) is 0. The van der Waals surface area contributed by atoms with Gasteiger partial charge in [0.15, 0.2) is 0 Å². The van der Waals surface area contributed by atoms with Gasteiger partial charge in [-0.3, -0.25) is 9.59 Å². The van der Waals surface area contributed by atoms with Crippen LogP contribution in [0.1, 0.15) is 19.4 Å². The summed E-state index contributed by atoms with van der Waals surface area (Å²) in [6.45, 7) is 3.55. The second kappa shape index (κ2) is 4.14. The molecule has 4 nitrogen and oxygen atoms in total. The molecule has 0 aliphatic carbocycles. The molecule has 2 N–H and O–H groups in total. The number of carbonyl (C=O) groups is 2. The maximum Gasteiger partial charge on any atom is 0.240 e. The molecule has 0 fully saturated rings. The number of fused-ring (bicyclic) bond motifs is 1. The van der Waals surface area contributed by atoms with Crippen LogP contribution in [-0.2, 0) is 16.0 Å². The van der Waals surface area contributed by atoms with E-state index in [1.165, 1.54) is 0 Å². The van der Waals surface area contributed by atoms with E-state index in [2.05, 4.69) is 26.6 Å². The second-order valence-electron chi connectivity index (χ2n) is 4.52. The Labute approximate surface area is 108 Å². The third-order valence-electron chi connectivity index (χ3n) is 2.53. The van der Waals surface area contributed by atoms with Crippen LogP contribution >= 0.6 is 15.9 Å². The van der Waals surface area contributed by atoms with Gasteiger partial charge in [0.2, 0.25) is 11.8 Å². The highest BCUT2D eigenvalue weighted by Crippen LogP contribution is 2.27. The SMILES string of the molecule is CC(C)(Br)C(=O)Nc1ccc2c(c1)NC(=O)C2. The molecule has 0 aromatic heterocycles. The maximum atomic E-state index is 11.8. The second-order valence-corrected chi connectivity index (χ2v) is 6.51. The van der Waals surface area contributed by atoms with Gasteiger partial charge in [-0.05, 0) is 31.5 Å². The van der Waals surface area contributed by atoms with E-state index in [0.29, 0.717) is 12.1 Å². The molecule has 1 aromatic rings. The van der Waals surface area contributed by atoms with Gasteiger partial charge in [0.25, 0.3) is 0 Å². The van der Waals surface area contributed by atoms with E-state index >= 15 is 0 Å². The number of halogens is 1. The molecular weight excluding hydrogens is 284 g/mol. The highest BCUT2D eigenvalue weighted by molar-refractivity contribution is 9.10. The molecule has 17 heavy (non-hydrogen) atoms. The predicted molar refractivity (Wildman–Crippen MR) is 70.4 cm³/mol. The highest BCUT2D eigenvalue weighted by Gasteiger charge is 2.24. The lowest BCUT2D eigenvalue weighted by Gasteiger charge is -2.16. The Morgan fingerprint density at radius 3 is 2.82 bits per heavy atom. The summed E-state index contributed by atoms with van der Waals surface area (Å²) in [5.41, 5.74) is 2.43. The monoisotopic (exact) mass is 296 g/mol. The molecule has 0 radical (unpaired) electrons. The number of hydrogen-bond acceptors (Lipinski definition) is 2. The van der Waals surface area contributed by atoms with Crippen molar-refractivity contribution in [1.29, 1.82) is 0 Å². The molecule has 0 saturated carbocycles. The quantitative estimate of drug-likeness (QED) is 0.823. The number of carbonyl (C=O) groups excluding carboxylic acids is 2. The standard InChI is InChI=1S/C12H13BrN2O2/c1-12(2,13)11(17)14-8-4-3-7-5-10(16)15-9(7)6-8/h3-4,6H,5H2,1-2H3,(H,14,17)(H,15,16). The predicted octanol–water partition coefficient (Wildman–Crippen LogP) is 2.29. The van der Waals surface area contributed by atoms with Gasteiger partial charge in [-0.25, -0.2) is 0 Å². The molecule has 1 aromatic carbocycles. The average Bonchev–Trinajstić information content (AvgIpc) is 2.55. The van der Waals surface area contributed by atoms with Crippen molar-refractivity contribution in [3.05, 3.63) is 23.8 Å². The van der Waals surface area contributed by atoms with Gasteiger partial charge >= 0.3 is 0 Å². The van der Waals surface area contributed by atoms with Crippen molar-refractivity contribution in [2.24, 2.45) is 0 Å². The summed E-state index contributed by atoms with van der Waals surface area (Å²) in [5.74, 6) is -0.133. The van der Waals surface area contributed by atoms with E-state index in [1.807, 2.05) is 6.07 Å². The zero-order valence-electron chi connectivity index (χ0n) is 9.63. The Morgan fingerprint density at radius 2 is 2.18 bits per heavy atom. The number of benzene rings is 1. The van der Waals surface area contributed by atoms with Crippen molar-refractivity contribution in [1.82, 2.24) is 0 Å². The summed E-state index contributed by atoms with van der Waals surface area (Å²) in [5, 5.41) is 5.54. The van der Waals surface area contributed by atoms with Crippen LogP contribution in [0.5, 0.6) is 0 Å². The van der Waals surface area contributed by atoms with E-state index in [0.717, 1.165) is 11.3 Å². The molecule has 90 valence electrons. The Morgan fingerprint density at radius 1 is 1.47 bits per heavy atom. The first-order valence-corrected chi connectivity index (χ1v) is 6.09. The number of alkyl halides is 1. The van der Waals surface area contributed by atoms with Crippen molar-refractivity contribution in [3.63, 3.8) is 0 Å². The van der Waals surface area contributed by atoms with E-state index in [9.17, 15) is 9.59 Å². The highest BCUT2D eigenvalue weighted by atomic mass is 79.9. The fourth-order valence-electron chi connectivity index (χ4n) is 1.57. The lowest BCUT2D eigenvalue weighted by molar-refractivity contribution is -0.117. The van der Waals surface area contributed by atoms with E-state index in [1.54, 1.807) is 26.0 Å². The molecule has 0 saturated heterocycles. The number of hydrogen-bond donors (Lipinski definition) is 2. The van der Waals surface area contributed by atoms with Crippen LogP contribution in [0.3, 0.4) is 0 Å². The fourth-order valence-corrected chi connectivity index (χ4v) is 1.67. The first-order valence-electron chi connectivity index (χ1n) is 5.29. The first-order chi connectivity index (χ1) is 7.86. The number of amides is 2.